The Morgan fingerprint density at radius 2 is 1.84 bits per heavy atom. The summed E-state index contributed by atoms with van der Waals surface area (Å²) in [7, 11) is 0. The van der Waals surface area contributed by atoms with Crippen molar-refractivity contribution in [2.45, 2.75) is 18.9 Å². The highest BCUT2D eigenvalue weighted by atomic mass is 16.5. The molecule has 31 heavy (non-hydrogen) atoms. The number of aromatic amines is 1. The number of fused-ring (bicyclic) bond motifs is 2. The van der Waals surface area contributed by atoms with Crippen LogP contribution >= 0.6 is 0 Å². The first-order valence-electron chi connectivity index (χ1n) is 10.4. The molecule has 0 saturated heterocycles. The van der Waals surface area contributed by atoms with Crippen molar-refractivity contribution in [3.05, 3.63) is 91.1 Å². The van der Waals surface area contributed by atoms with Crippen molar-refractivity contribution in [1.82, 2.24) is 15.0 Å². The van der Waals surface area contributed by atoms with E-state index in [4.69, 9.17) is 10.5 Å². The summed E-state index contributed by atoms with van der Waals surface area (Å²) in [6.45, 7) is 2.55. The second-order valence-corrected chi connectivity index (χ2v) is 7.90. The lowest BCUT2D eigenvalue weighted by Gasteiger charge is -2.20. The van der Waals surface area contributed by atoms with Gasteiger partial charge in [-0.2, -0.15) is 0 Å². The van der Waals surface area contributed by atoms with Crippen molar-refractivity contribution in [1.29, 1.82) is 0 Å². The molecule has 0 spiro atoms. The molecule has 0 aliphatic heterocycles. The predicted octanol–water partition coefficient (Wildman–Crippen LogP) is 5.29. The fraction of sp³-hybridized carbons (Fsp3) is 0.154. The molecule has 0 aliphatic carbocycles. The summed E-state index contributed by atoms with van der Waals surface area (Å²) in [4.78, 5) is 11.9. The first kappa shape index (κ1) is 19.3. The third-order valence-corrected chi connectivity index (χ3v) is 5.88. The molecule has 5 heteroatoms. The Kier molecular flexibility index (Phi) is 5.10. The van der Waals surface area contributed by atoms with Crippen molar-refractivity contribution in [2.24, 2.45) is 5.73 Å². The van der Waals surface area contributed by atoms with E-state index >= 15 is 0 Å². The van der Waals surface area contributed by atoms with Crippen molar-refractivity contribution < 1.29 is 4.74 Å². The number of nitrogens with one attached hydrogen (secondary N) is 1. The van der Waals surface area contributed by atoms with Crippen LogP contribution in [0.5, 0.6) is 5.75 Å². The van der Waals surface area contributed by atoms with Crippen LogP contribution in [0.3, 0.4) is 0 Å². The third kappa shape index (κ3) is 3.88. The van der Waals surface area contributed by atoms with Gasteiger partial charge in [-0.1, -0.05) is 37.3 Å². The number of hydrogen-bond donors (Lipinski definition) is 2. The molecule has 5 aromatic rings. The zero-order valence-electron chi connectivity index (χ0n) is 17.3. The number of hydrogen-bond acceptors (Lipinski definition) is 4. The van der Waals surface area contributed by atoms with Gasteiger partial charge in [0.2, 0.25) is 0 Å². The molecule has 3 aromatic heterocycles. The smallest absolute Gasteiger partial charge is 0.138 e. The van der Waals surface area contributed by atoms with Crippen molar-refractivity contribution >= 4 is 21.7 Å². The van der Waals surface area contributed by atoms with Crippen LogP contribution in [0.15, 0.2) is 85.6 Å². The van der Waals surface area contributed by atoms with E-state index in [0.29, 0.717) is 12.4 Å². The fourth-order valence-corrected chi connectivity index (χ4v) is 3.96. The summed E-state index contributed by atoms with van der Waals surface area (Å²) < 4.78 is 6.04. The number of aromatic nitrogens is 3. The summed E-state index contributed by atoms with van der Waals surface area (Å²) >= 11 is 0. The Bertz CT molecular complexity index is 1340. The summed E-state index contributed by atoms with van der Waals surface area (Å²) in [5.41, 5.74) is 10.9. The van der Waals surface area contributed by atoms with Crippen LogP contribution < -0.4 is 10.5 Å². The number of para-hydroxylation sites is 1. The molecule has 5 nitrogen and oxygen atoms in total. The molecule has 154 valence electrons. The van der Waals surface area contributed by atoms with Gasteiger partial charge in [-0.3, -0.25) is 9.97 Å². The maximum atomic E-state index is 6.49. The van der Waals surface area contributed by atoms with Gasteiger partial charge in [0.15, 0.2) is 0 Å². The van der Waals surface area contributed by atoms with Gasteiger partial charge in [0.25, 0.3) is 0 Å². The quantitative estimate of drug-likeness (QED) is 0.400. The Balaban J connectivity index is 1.31. The van der Waals surface area contributed by atoms with Crippen LogP contribution in [0.4, 0.5) is 0 Å². The minimum absolute atomic E-state index is 0.143. The van der Waals surface area contributed by atoms with E-state index in [1.165, 1.54) is 10.9 Å². The molecule has 0 radical (unpaired) electrons. The fourth-order valence-electron chi connectivity index (χ4n) is 3.96. The van der Waals surface area contributed by atoms with Gasteiger partial charge in [-0.15, -0.1) is 0 Å². The Labute approximate surface area is 180 Å². The highest BCUT2D eigenvalue weighted by molar-refractivity contribution is 5.86. The number of ether oxygens (including phenoxy) is 1. The van der Waals surface area contributed by atoms with Crippen LogP contribution in [0.2, 0.25) is 0 Å². The molecule has 0 bridgehead atoms. The molecular formula is C26H24N4O. The highest BCUT2D eigenvalue weighted by Crippen LogP contribution is 2.29. The average molecular weight is 409 g/mol. The molecule has 3 N–H and O–H groups in total. The Hall–Kier alpha value is -3.70. The summed E-state index contributed by atoms with van der Waals surface area (Å²) in [5, 5.41) is 3.47. The minimum Gasteiger partial charge on any atom is -0.490 e. The third-order valence-electron chi connectivity index (χ3n) is 5.88. The van der Waals surface area contributed by atoms with E-state index in [9.17, 15) is 0 Å². The van der Waals surface area contributed by atoms with Crippen LogP contribution in [-0.4, -0.2) is 27.6 Å². The average Bonchev–Trinajstić information content (AvgIpc) is 3.26. The molecule has 0 amide bonds. The monoisotopic (exact) mass is 408 g/mol. The zero-order valence-corrected chi connectivity index (χ0v) is 17.3. The summed E-state index contributed by atoms with van der Waals surface area (Å²) in [6, 6.07) is 18.5. The van der Waals surface area contributed by atoms with Gasteiger partial charge >= 0.3 is 0 Å². The normalized spacial score (nSPS) is 13.4. The largest absolute Gasteiger partial charge is 0.490 e. The Morgan fingerprint density at radius 1 is 0.935 bits per heavy atom. The van der Waals surface area contributed by atoms with Gasteiger partial charge in [-0.25, -0.2) is 0 Å². The Morgan fingerprint density at radius 3 is 2.77 bits per heavy atom. The van der Waals surface area contributed by atoms with Crippen LogP contribution in [0, 0.1) is 0 Å². The number of nitrogens with two attached hydrogens (primary N) is 1. The van der Waals surface area contributed by atoms with Crippen LogP contribution in [-0.2, 0) is 0 Å². The standard InChI is InChI=1S/C26H24N4O/c1-17(24-15-30-26-5-3-2-4-23(24)26)25(27)16-31-22-11-21(13-29-14-22)18-6-7-20-12-28-9-8-19(20)10-18/h2-15,17,25,30H,16,27H2,1H3/t17?,25-/m1/s1. The van der Waals surface area contributed by atoms with E-state index in [2.05, 4.69) is 58.3 Å². The first-order chi connectivity index (χ1) is 15.2. The second-order valence-electron chi connectivity index (χ2n) is 7.90. The summed E-state index contributed by atoms with van der Waals surface area (Å²) in [6.07, 6.45) is 9.31. The lowest BCUT2D eigenvalue weighted by molar-refractivity contribution is 0.273. The van der Waals surface area contributed by atoms with E-state index in [0.717, 1.165) is 27.4 Å². The van der Waals surface area contributed by atoms with Gasteiger partial charge in [0, 0.05) is 58.6 Å². The molecule has 0 aliphatic rings. The van der Waals surface area contributed by atoms with E-state index in [-0.39, 0.29) is 12.0 Å². The van der Waals surface area contributed by atoms with Gasteiger partial charge < -0.3 is 15.5 Å². The number of rotatable bonds is 6. The molecule has 0 fully saturated rings. The van der Waals surface area contributed by atoms with Gasteiger partial charge in [0.05, 0.1) is 6.20 Å². The number of benzene rings is 2. The molecular weight excluding hydrogens is 384 g/mol. The minimum atomic E-state index is -0.143. The topological polar surface area (TPSA) is 76.8 Å². The predicted molar refractivity (Wildman–Crippen MR) is 125 cm³/mol. The number of pyridine rings is 2. The lowest BCUT2D eigenvalue weighted by atomic mass is 9.94. The molecule has 3 heterocycles. The van der Waals surface area contributed by atoms with E-state index in [1.54, 1.807) is 12.4 Å². The SMILES string of the molecule is CC(c1c[nH]c2ccccc12)[C@H](N)COc1cncc(-c2ccc3cnccc3c2)c1. The lowest BCUT2D eigenvalue weighted by Crippen LogP contribution is -2.33. The first-order valence-corrected chi connectivity index (χ1v) is 10.4. The zero-order chi connectivity index (χ0) is 21.2. The van der Waals surface area contributed by atoms with Gasteiger partial charge in [0.1, 0.15) is 12.4 Å². The maximum Gasteiger partial charge on any atom is 0.138 e. The molecule has 0 saturated carbocycles. The van der Waals surface area contributed by atoms with Crippen LogP contribution in [0.1, 0.15) is 18.4 Å². The van der Waals surface area contributed by atoms with Crippen molar-refractivity contribution in [3.63, 3.8) is 0 Å². The summed E-state index contributed by atoms with van der Waals surface area (Å²) in [5.74, 6) is 0.871. The van der Waals surface area contributed by atoms with Crippen molar-refractivity contribution in [2.75, 3.05) is 6.61 Å². The van der Waals surface area contributed by atoms with E-state index < -0.39 is 0 Å². The molecule has 2 aromatic carbocycles. The van der Waals surface area contributed by atoms with E-state index in [1.807, 2.05) is 36.8 Å². The number of nitrogens with zero attached hydrogens (tertiary/aromatic N) is 2. The maximum absolute atomic E-state index is 6.49. The van der Waals surface area contributed by atoms with Crippen molar-refractivity contribution in [3.8, 4) is 16.9 Å². The molecule has 1 unspecified atom stereocenters. The highest BCUT2D eigenvalue weighted by Gasteiger charge is 2.19. The molecule has 5 rings (SSSR count). The molecule has 2 atom stereocenters. The number of H-pyrrole nitrogens is 1. The second kappa shape index (κ2) is 8.20. The van der Waals surface area contributed by atoms with Gasteiger partial charge in [-0.05, 0) is 40.8 Å². The van der Waals surface area contributed by atoms with Crippen LogP contribution in [0.25, 0.3) is 32.8 Å².